The molecule has 0 saturated heterocycles. The first-order chi connectivity index (χ1) is 5.31. The van der Waals surface area contributed by atoms with Crippen molar-refractivity contribution in [3.63, 3.8) is 0 Å². The van der Waals surface area contributed by atoms with E-state index in [0.717, 1.165) is 18.7 Å². The Balaban J connectivity index is 0. The van der Waals surface area contributed by atoms with E-state index in [0.29, 0.717) is 0 Å². The summed E-state index contributed by atoms with van der Waals surface area (Å²) >= 11 is 0. The molecule has 0 aliphatic carbocycles. The number of hydrogen-bond acceptors (Lipinski definition) is 1. The van der Waals surface area contributed by atoms with Crippen molar-refractivity contribution < 1.29 is 0 Å². The van der Waals surface area contributed by atoms with E-state index >= 15 is 0 Å². The Morgan fingerprint density at radius 2 is 2.00 bits per heavy atom. The fourth-order valence-electron chi connectivity index (χ4n) is 0.446. The van der Waals surface area contributed by atoms with Gasteiger partial charge >= 0.3 is 0 Å². The maximum Gasteiger partial charge on any atom is 0.0327 e. The Labute approximate surface area is 71.2 Å². The van der Waals surface area contributed by atoms with E-state index in [1.165, 1.54) is 0 Å². The van der Waals surface area contributed by atoms with Crippen molar-refractivity contribution in [3.8, 4) is 0 Å². The van der Waals surface area contributed by atoms with Crippen molar-refractivity contribution in [2.24, 2.45) is 0 Å². The highest BCUT2D eigenvalue weighted by Crippen LogP contribution is 1.88. The van der Waals surface area contributed by atoms with Gasteiger partial charge in [0, 0.05) is 12.2 Å². The molecule has 0 atom stereocenters. The van der Waals surface area contributed by atoms with Crippen LogP contribution in [-0.4, -0.2) is 6.54 Å². The zero-order valence-electron chi connectivity index (χ0n) is 8.28. The van der Waals surface area contributed by atoms with Crippen molar-refractivity contribution in [2.45, 2.75) is 34.1 Å². The molecule has 0 aliphatic heterocycles. The molecule has 1 nitrogen and oxygen atoms in total. The summed E-state index contributed by atoms with van der Waals surface area (Å²) in [7, 11) is 0. The summed E-state index contributed by atoms with van der Waals surface area (Å²) in [6.45, 7) is 12.8. The van der Waals surface area contributed by atoms with Crippen LogP contribution in [0, 0.1) is 0 Å². The molecule has 0 spiro atoms. The Morgan fingerprint density at radius 1 is 1.45 bits per heavy atom. The van der Waals surface area contributed by atoms with Gasteiger partial charge in [0.25, 0.3) is 0 Å². The van der Waals surface area contributed by atoms with Crippen molar-refractivity contribution in [3.05, 3.63) is 24.4 Å². The maximum atomic E-state index is 3.80. The molecule has 0 saturated carbocycles. The number of rotatable bonds is 4. The quantitative estimate of drug-likeness (QED) is 0.615. The van der Waals surface area contributed by atoms with E-state index < -0.39 is 0 Å². The third kappa shape index (κ3) is 12.5. The molecule has 0 heterocycles. The molecule has 66 valence electrons. The number of nitrogens with one attached hydrogen (secondary N) is 1. The molecular formula is C10H21N. The van der Waals surface area contributed by atoms with Crippen molar-refractivity contribution in [2.75, 3.05) is 6.54 Å². The van der Waals surface area contributed by atoms with Crippen LogP contribution in [0.25, 0.3) is 0 Å². The van der Waals surface area contributed by atoms with Gasteiger partial charge in [0.05, 0.1) is 0 Å². The first-order valence-electron chi connectivity index (χ1n) is 4.34. The van der Waals surface area contributed by atoms with Gasteiger partial charge in [-0.3, -0.25) is 0 Å². The lowest BCUT2D eigenvalue weighted by molar-refractivity contribution is 0.849. The minimum atomic E-state index is 0.906. The molecule has 0 rings (SSSR count). The predicted octanol–water partition coefficient (Wildman–Crippen LogP) is 3.10. The Kier molecular flexibility index (Phi) is 14.1. The number of hydrogen-bond donors (Lipinski definition) is 1. The van der Waals surface area contributed by atoms with Crippen molar-refractivity contribution in [1.82, 2.24) is 5.32 Å². The molecule has 0 bridgehead atoms. The van der Waals surface area contributed by atoms with Gasteiger partial charge in [0.2, 0.25) is 0 Å². The molecular weight excluding hydrogens is 134 g/mol. The second-order valence-corrected chi connectivity index (χ2v) is 1.91. The molecule has 0 amide bonds. The van der Waals surface area contributed by atoms with E-state index in [-0.39, 0.29) is 0 Å². The highest BCUT2D eigenvalue weighted by Gasteiger charge is 1.81. The van der Waals surface area contributed by atoms with Gasteiger partial charge in [0.15, 0.2) is 0 Å². The lowest BCUT2D eigenvalue weighted by Crippen LogP contribution is -2.10. The van der Waals surface area contributed by atoms with Crippen molar-refractivity contribution in [1.29, 1.82) is 0 Å². The van der Waals surface area contributed by atoms with Gasteiger partial charge in [-0.2, -0.15) is 0 Å². The fraction of sp³-hybridized carbons (Fsp3) is 0.600. The molecule has 0 unspecified atom stereocenters. The number of allylic oxidation sites excluding steroid dienone is 2. The first-order valence-corrected chi connectivity index (χ1v) is 4.34. The lowest BCUT2D eigenvalue weighted by atomic mass is 10.4. The van der Waals surface area contributed by atoms with Crippen LogP contribution in [-0.2, 0) is 0 Å². The molecule has 0 aliphatic rings. The second kappa shape index (κ2) is 12.0. The zero-order chi connectivity index (χ0) is 9.11. The summed E-state index contributed by atoms with van der Waals surface area (Å²) < 4.78 is 0. The van der Waals surface area contributed by atoms with Crippen LogP contribution in [0.3, 0.4) is 0 Å². The van der Waals surface area contributed by atoms with E-state index in [1.54, 1.807) is 0 Å². The van der Waals surface area contributed by atoms with Gasteiger partial charge in [-0.15, -0.1) is 0 Å². The normalized spacial score (nSPS) is 8.73. The van der Waals surface area contributed by atoms with Crippen LogP contribution in [0.5, 0.6) is 0 Å². The van der Waals surface area contributed by atoms with Gasteiger partial charge in [-0.1, -0.05) is 39.5 Å². The Hall–Kier alpha value is -0.720. The molecule has 1 heteroatoms. The van der Waals surface area contributed by atoms with E-state index in [9.17, 15) is 0 Å². The van der Waals surface area contributed by atoms with Crippen LogP contribution < -0.4 is 5.32 Å². The van der Waals surface area contributed by atoms with Crippen LogP contribution >= 0.6 is 0 Å². The largest absolute Gasteiger partial charge is 0.385 e. The molecule has 0 fully saturated rings. The first kappa shape index (κ1) is 12.9. The average molecular weight is 155 g/mol. The minimum absolute atomic E-state index is 0.906. The molecule has 0 radical (unpaired) electrons. The molecule has 11 heavy (non-hydrogen) atoms. The van der Waals surface area contributed by atoms with Crippen LogP contribution in [0.4, 0.5) is 0 Å². The third-order valence-corrected chi connectivity index (χ3v) is 1.13. The molecule has 0 aromatic carbocycles. The lowest BCUT2D eigenvalue weighted by Gasteiger charge is -2.01. The zero-order valence-corrected chi connectivity index (χ0v) is 8.28. The average Bonchev–Trinajstić information content (AvgIpc) is 2.08. The summed E-state index contributed by atoms with van der Waals surface area (Å²) in [6.07, 6.45) is 5.11. The van der Waals surface area contributed by atoms with E-state index in [4.69, 9.17) is 0 Å². The maximum absolute atomic E-state index is 3.80. The molecule has 0 aromatic heterocycles. The van der Waals surface area contributed by atoms with Crippen LogP contribution in [0.15, 0.2) is 24.4 Å². The van der Waals surface area contributed by atoms with Gasteiger partial charge in [-0.25, -0.2) is 0 Å². The van der Waals surface area contributed by atoms with Crippen LogP contribution in [0.2, 0.25) is 0 Å². The summed E-state index contributed by atoms with van der Waals surface area (Å²) in [4.78, 5) is 0. The summed E-state index contributed by atoms with van der Waals surface area (Å²) in [6, 6.07) is 0. The summed E-state index contributed by atoms with van der Waals surface area (Å²) in [5.74, 6) is 0. The SMILES string of the molecule is C=C(CC)NC/C=C/C.CC. The van der Waals surface area contributed by atoms with Gasteiger partial charge < -0.3 is 5.32 Å². The van der Waals surface area contributed by atoms with E-state index in [2.05, 4.69) is 24.9 Å². The highest BCUT2D eigenvalue weighted by molar-refractivity contribution is 4.93. The standard InChI is InChI=1S/C8H15N.C2H6/c1-4-6-7-9-8(3)5-2;1-2/h4,6,9H,3,5,7H2,1-2H3;1-2H3/b6-4+;. The van der Waals surface area contributed by atoms with Gasteiger partial charge in [-0.05, 0) is 13.3 Å². The van der Waals surface area contributed by atoms with Gasteiger partial charge in [0.1, 0.15) is 0 Å². The summed E-state index contributed by atoms with van der Waals surface area (Å²) in [5, 5.41) is 3.15. The summed E-state index contributed by atoms with van der Waals surface area (Å²) in [5.41, 5.74) is 1.10. The Bertz CT molecular complexity index is 103. The molecule has 0 aromatic rings. The fourth-order valence-corrected chi connectivity index (χ4v) is 0.446. The molecule has 1 N–H and O–H groups in total. The second-order valence-electron chi connectivity index (χ2n) is 1.91. The van der Waals surface area contributed by atoms with Crippen molar-refractivity contribution >= 4 is 0 Å². The minimum Gasteiger partial charge on any atom is -0.385 e. The monoisotopic (exact) mass is 155 g/mol. The highest BCUT2D eigenvalue weighted by atomic mass is 14.9. The van der Waals surface area contributed by atoms with Crippen LogP contribution in [0.1, 0.15) is 34.1 Å². The smallest absolute Gasteiger partial charge is 0.0327 e. The Morgan fingerprint density at radius 3 is 2.36 bits per heavy atom. The van der Waals surface area contributed by atoms with E-state index in [1.807, 2.05) is 26.8 Å². The third-order valence-electron chi connectivity index (χ3n) is 1.13. The predicted molar refractivity (Wildman–Crippen MR) is 53.6 cm³/mol. The topological polar surface area (TPSA) is 12.0 Å².